The Bertz CT molecular complexity index is 1020. The SMILES string of the molecule is CCCCCCCCCCCCCCCCOc1ccccc1NC(=O)c1ccc(C[n+]2ccsc2)cc1.[Br-]. The minimum absolute atomic E-state index is 0. The number of carbonyl (C=O) groups excluding carboxylic acids is 1. The smallest absolute Gasteiger partial charge is 0.255 e. The Kier molecular flexibility index (Phi) is 17.5. The van der Waals surface area contributed by atoms with Gasteiger partial charge in [-0.2, -0.15) is 4.57 Å². The predicted octanol–water partition coefficient (Wildman–Crippen LogP) is 6.20. The molecular formula is C33H47BrN2O2S. The molecule has 1 amide bonds. The maximum atomic E-state index is 12.8. The highest BCUT2D eigenvalue weighted by molar-refractivity contribution is 7.07. The molecule has 1 heterocycles. The summed E-state index contributed by atoms with van der Waals surface area (Å²) in [4.78, 5) is 12.8. The quantitative estimate of drug-likeness (QED) is 0.122. The third-order valence-corrected chi connectivity index (χ3v) is 7.67. The van der Waals surface area contributed by atoms with E-state index in [1.165, 1.54) is 89.0 Å². The number of hydrogen-bond acceptors (Lipinski definition) is 3. The first-order valence-electron chi connectivity index (χ1n) is 14.8. The number of aromatic nitrogens is 1. The monoisotopic (exact) mass is 614 g/mol. The maximum Gasteiger partial charge on any atom is 0.255 e. The van der Waals surface area contributed by atoms with E-state index in [0.717, 1.165) is 24.4 Å². The van der Waals surface area contributed by atoms with E-state index >= 15 is 0 Å². The first-order valence-corrected chi connectivity index (χ1v) is 15.7. The summed E-state index contributed by atoms with van der Waals surface area (Å²) in [6.45, 7) is 3.77. The second-order valence-corrected chi connectivity index (χ2v) is 11.0. The average molecular weight is 616 g/mol. The van der Waals surface area contributed by atoms with Crippen LogP contribution in [0.25, 0.3) is 0 Å². The van der Waals surface area contributed by atoms with Gasteiger partial charge in [0.05, 0.1) is 17.7 Å². The molecule has 6 heteroatoms. The minimum atomic E-state index is -0.118. The first kappa shape index (κ1) is 33.0. The van der Waals surface area contributed by atoms with Crippen molar-refractivity contribution in [2.24, 2.45) is 0 Å². The second kappa shape index (κ2) is 20.7. The molecule has 39 heavy (non-hydrogen) atoms. The predicted molar refractivity (Wildman–Crippen MR) is 160 cm³/mol. The number of benzene rings is 2. The maximum absolute atomic E-state index is 12.8. The number of hydrogen-bond donors (Lipinski definition) is 1. The Morgan fingerprint density at radius 3 is 1.97 bits per heavy atom. The van der Waals surface area contributed by atoms with Crippen LogP contribution < -0.4 is 31.6 Å². The number of nitrogens with one attached hydrogen (secondary N) is 1. The molecular weight excluding hydrogens is 568 g/mol. The molecule has 0 fully saturated rings. The molecule has 0 atom stereocenters. The van der Waals surface area contributed by atoms with E-state index in [9.17, 15) is 4.79 Å². The van der Waals surface area contributed by atoms with Crippen molar-refractivity contribution >= 4 is 22.9 Å². The highest BCUT2D eigenvalue weighted by Gasteiger charge is 2.11. The van der Waals surface area contributed by atoms with E-state index < -0.39 is 0 Å². The van der Waals surface area contributed by atoms with Crippen molar-refractivity contribution in [3.05, 3.63) is 76.7 Å². The number of nitrogens with zero attached hydrogens (tertiary/aromatic N) is 1. The molecule has 4 nitrogen and oxygen atoms in total. The van der Waals surface area contributed by atoms with Crippen LogP contribution in [0.1, 0.15) is 113 Å². The van der Waals surface area contributed by atoms with Crippen molar-refractivity contribution in [3.8, 4) is 5.75 Å². The van der Waals surface area contributed by atoms with Gasteiger partial charge >= 0.3 is 0 Å². The third-order valence-electron chi connectivity index (χ3n) is 7.00. The van der Waals surface area contributed by atoms with Crippen LogP contribution in [0.4, 0.5) is 5.69 Å². The van der Waals surface area contributed by atoms with Gasteiger partial charge in [0.25, 0.3) is 5.91 Å². The van der Waals surface area contributed by atoms with E-state index in [2.05, 4.69) is 33.9 Å². The van der Waals surface area contributed by atoms with Crippen LogP contribution in [-0.2, 0) is 6.54 Å². The summed E-state index contributed by atoms with van der Waals surface area (Å²) in [5.74, 6) is 0.619. The van der Waals surface area contributed by atoms with Crippen LogP contribution in [-0.4, -0.2) is 12.5 Å². The summed E-state index contributed by atoms with van der Waals surface area (Å²) < 4.78 is 8.17. The molecule has 0 aliphatic rings. The number of rotatable bonds is 20. The molecule has 3 aromatic rings. The molecule has 214 valence electrons. The zero-order chi connectivity index (χ0) is 26.7. The van der Waals surface area contributed by atoms with Gasteiger partial charge in [-0.15, -0.1) is 0 Å². The van der Waals surface area contributed by atoms with Gasteiger partial charge in [-0.3, -0.25) is 4.79 Å². The summed E-state index contributed by atoms with van der Waals surface area (Å²) in [5.41, 5.74) is 4.62. The van der Waals surface area contributed by atoms with Gasteiger partial charge < -0.3 is 27.0 Å². The molecule has 0 spiro atoms. The average Bonchev–Trinajstić information content (AvgIpc) is 3.45. The van der Waals surface area contributed by atoms with Gasteiger partial charge in [0.15, 0.2) is 12.7 Å². The highest BCUT2D eigenvalue weighted by atomic mass is 79.9. The second-order valence-electron chi connectivity index (χ2n) is 10.3. The Balaban J connectivity index is 0.00000533. The van der Waals surface area contributed by atoms with Crippen LogP contribution in [0, 0.1) is 0 Å². The third kappa shape index (κ3) is 13.6. The summed E-state index contributed by atoms with van der Waals surface area (Å²) in [6, 6.07) is 15.5. The number of anilines is 1. The van der Waals surface area contributed by atoms with Gasteiger partial charge in [0, 0.05) is 11.1 Å². The number of carbonyl (C=O) groups is 1. The zero-order valence-electron chi connectivity index (χ0n) is 23.7. The molecule has 1 aromatic heterocycles. The number of amides is 1. The Hall–Kier alpha value is -2.18. The molecule has 0 unspecified atom stereocenters. The summed E-state index contributed by atoms with van der Waals surface area (Å²) in [7, 11) is 0. The van der Waals surface area contributed by atoms with Crippen molar-refractivity contribution in [3.63, 3.8) is 0 Å². The summed E-state index contributed by atoms with van der Waals surface area (Å²) >= 11 is 1.67. The topological polar surface area (TPSA) is 42.2 Å². The molecule has 2 aromatic carbocycles. The molecule has 0 bridgehead atoms. The van der Waals surface area contributed by atoms with Crippen molar-refractivity contribution in [1.29, 1.82) is 0 Å². The van der Waals surface area contributed by atoms with Crippen LogP contribution in [0.15, 0.2) is 65.6 Å². The van der Waals surface area contributed by atoms with E-state index in [1.807, 2.05) is 48.5 Å². The van der Waals surface area contributed by atoms with E-state index in [-0.39, 0.29) is 22.9 Å². The lowest BCUT2D eigenvalue weighted by Crippen LogP contribution is -3.00. The zero-order valence-corrected chi connectivity index (χ0v) is 26.1. The van der Waals surface area contributed by atoms with Crippen molar-refractivity contribution in [2.75, 3.05) is 11.9 Å². The summed E-state index contributed by atoms with van der Waals surface area (Å²) in [5, 5.41) is 5.08. The molecule has 1 N–H and O–H groups in total. The number of thiazole rings is 1. The van der Waals surface area contributed by atoms with Gasteiger partial charge in [0.1, 0.15) is 5.75 Å². The first-order chi connectivity index (χ1) is 18.8. The van der Waals surface area contributed by atoms with Crippen molar-refractivity contribution < 1.29 is 31.1 Å². The van der Waals surface area contributed by atoms with E-state index in [1.54, 1.807) is 11.3 Å². The molecule has 0 saturated heterocycles. The van der Waals surface area contributed by atoms with Crippen LogP contribution in [0.5, 0.6) is 5.75 Å². The normalized spacial score (nSPS) is 10.7. The van der Waals surface area contributed by atoms with Crippen molar-refractivity contribution in [1.82, 2.24) is 0 Å². The Morgan fingerprint density at radius 2 is 1.38 bits per heavy atom. The fourth-order valence-corrected chi connectivity index (χ4v) is 5.29. The molecule has 0 aliphatic carbocycles. The standard InChI is InChI=1S/C33H46N2O2S.BrH/c1-2-3-4-5-6-7-8-9-10-11-12-13-14-17-25-37-32-19-16-15-18-31(32)34-33(36)30-22-20-29(21-23-30)27-35-24-26-38-28-35;/h15-16,18-24,26,28H,2-14,17,25,27H2,1H3;1H. The van der Waals surface area contributed by atoms with Crippen molar-refractivity contribution in [2.45, 2.75) is 103 Å². The van der Waals surface area contributed by atoms with Crippen LogP contribution in [0.3, 0.4) is 0 Å². The largest absolute Gasteiger partial charge is 1.00 e. The van der Waals surface area contributed by atoms with Gasteiger partial charge in [-0.1, -0.05) is 126 Å². The number of para-hydroxylation sites is 2. The Morgan fingerprint density at radius 1 is 0.795 bits per heavy atom. The lowest BCUT2D eigenvalue weighted by atomic mass is 10.0. The van der Waals surface area contributed by atoms with E-state index in [4.69, 9.17) is 4.74 Å². The Labute approximate surface area is 251 Å². The van der Waals surface area contributed by atoms with Gasteiger partial charge in [0.2, 0.25) is 5.51 Å². The molecule has 0 radical (unpaired) electrons. The number of ether oxygens (including phenoxy) is 1. The fraction of sp³-hybridized carbons (Fsp3) is 0.515. The van der Waals surface area contributed by atoms with Gasteiger partial charge in [-0.25, -0.2) is 0 Å². The molecule has 3 rings (SSSR count). The minimum Gasteiger partial charge on any atom is -1.00 e. The number of halogens is 1. The van der Waals surface area contributed by atoms with Crippen LogP contribution >= 0.6 is 11.3 Å². The molecule has 0 aliphatic heterocycles. The fourth-order valence-electron chi connectivity index (χ4n) is 4.69. The number of unbranched alkanes of at least 4 members (excludes halogenated alkanes) is 13. The van der Waals surface area contributed by atoms with Gasteiger partial charge in [-0.05, 0) is 30.7 Å². The van der Waals surface area contributed by atoms with E-state index in [0.29, 0.717) is 12.2 Å². The van der Waals surface area contributed by atoms with Crippen LogP contribution in [0.2, 0.25) is 0 Å². The highest BCUT2D eigenvalue weighted by Crippen LogP contribution is 2.25. The lowest BCUT2D eigenvalue weighted by molar-refractivity contribution is -0.683. The molecule has 0 saturated carbocycles. The summed E-state index contributed by atoms with van der Waals surface area (Å²) in [6.07, 6.45) is 20.9. The lowest BCUT2D eigenvalue weighted by Gasteiger charge is -2.12.